The van der Waals surface area contributed by atoms with Crippen LogP contribution in [0.3, 0.4) is 0 Å². The lowest BCUT2D eigenvalue weighted by atomic mass is 10.1. The van der Waals surface area contributed by atoms with Gasteiger partial charge in [-0.1, -0.05) is 30.3 Å². The number of para-hydroxylation sites is 1. The Morgan fingerprint density at radius 2 is 1.96 bits per heavy atom. The minimum absolute atomic E-state index is 0.395. The number of aryl methyl sites for hydroxylation is 1. The lowest BCUT2D eigenvalue weighted by Gasteiger charge is -2.10. The Labute approximate surface area is 162 Å². The molecule has 142 valence electrons. The molecule has 1 amide bonds. The minimum Gasteiger partial charge on any atom is -0.495 e. The largest absolute Gasteiger partial charge is 0.495 e. The number of fused-ring (bicyclic) bond motifs is 1. The molecule has 28 heavy (non-hydrogen) atoms. The maximum atomic E-state index is 12.1. The summed E-state index contributed by atoms with van der Waals surface area (Å²) in [6.07, 6.45) is 4.60. The molecule has 0 unspecified atom stereocenters. The molecule has 0 bridgehead atoms. The summed E-state index contributed by atoms with van der Waals surface area (Å²) in [5.41, 5.74) is 3.09. The molecule has 1 heterocycles. The predicted octanol–water partition coefficient (Wildman–Crippen LogP) is 3.75. The zero-order valence-electron chi connectivity index (χ0n) is 15.6. The lowest BCUT2D eigenvalue weighted by Crippen LogP contribution is -2.20. The van der Waals surface area contributed by atoms with Crippen molar-refractivity contribution >= 4 is 34.5 Å². The van der Waals surface area contributed by atoms with Crippen LogP contribution >= 0.6 is 0 Å². The summed E-state index contributed by atoms with van der Waals surface area (Å²) >= 11 is 0. The smallest absolute Gasteiger partial charge is 0.331 e. The van der Waals surface area contributed by atoms with Gasteiger partial charge in [-0.2, -0.15) is 0 Å². The van der Waals surface area contributed by atoms with E-state index >= 15 is 0 Å². The molecule has 0 saturated carbocycles. The van der Waals surface area contributed by atoms with Crippen LogP contribution in [-0.4, -0.2) is 30.6 Å². The number of anilines is 1. The molecule has 1 aromatic heterocycles. The van der Waals surface area contributed by atoms with Gasteiger partial charge in [-0.3, -0.25) is 9.78 Å². The van der Waals surface area contributed by atoms with Gasteiger partial charge in [0.15, 0.2) is 6.61 Å². The number of nitrogens with zero attached hydrogens (tertiary/aromatic N) is 1. The fourth-order valence-corrected chi connectivity index (χ4v) is 2.71. The van der Waals surface area contributed by atoms with Crippen LogP contribution < -0.4 is 10.1 Å². The van der Waals surface area contributed by atoms with Crippen molar-refractivity contribution in [3.8, 4) is 5.75 Å². The molecule has 1 N–H and O–H groups in total. The van der Waals surface area contributed by atoms with Crippen LogP contribution in [0.25, 0.3) is 17.0 Å². The number of benzene rings is 2. The van der Waals surface area contributed by atoms with Gasteiger partial charge in [-0.25, -0.2) is 4.79 Å². The van der Waals surface area contributed by atoms with Gasteiger partial charge in [0.2, 0.25) is 0 Å². The number of hydrogen-bond acceptors (Lipinski definition) is 5. The van der Waals surface area contributed by atoms with Crippen molar-refractivity contribution in [2.75, 3.05) is 19.0 Å². The second kappa shape index (κ2) is 8.81. The van der Waals surface area contributed by atoms with E-state index in [2.05, 4.69) is 10.3 Å². The highest BCUT2D eigenvalue weighted by atomic mass is 16.5. The molecule has 0 spiro atoms. The van der Waals surface area contributed by atoms with Crippen molar-refractivity contribution in [3.63, 3.8) is 0 Å². The maximum absolute atomic E-state index is 12.1. The summed E-state index contributed by atoms with van der Waals surface area (Å²) in [7, 11) is 1.52. The number of ether oxygens (including phenoxy) is 2. The third-order valence-electron chi connectivity index (χ3n) is 4.04. The van der Waals surface area contributed by atoms with Gasteiger partial charge < -0.3 is 14.8 Å². The highest BCUT2D eigenvalue weighted by Gasteiger charge is 2.10. The molecule has 3 aromatic rings. The number of methoxy groups -OCH3 is 1. The molecule has 0 saturated heterocycles. The van der Waals surface area contributed by atoms with Crippen molar-refractivity contribution in [1.82, 2.24) is 4.98 Å². The van der Waals surface area contributed by atoms with Crippen molar-refractivity contribution < 1.29 is 19.1 Å². The molecule has 6 nitrogen and oxygen atoms in total. The van der Waals surface area contributed by atoms with Crippen LogP contribution in [0.15, 0.2) is 60.8 Å². The highest BCUT2D eigenvalue weighted by molar-refractivity contribution is 5.96. The first-order valence-electron chi connectivity index (χ1n) is 8.70. The fourth-order valence-electron chi connectivity index (χ4n) is 2.71. The molecule has 0 aliphatic carbocycles. The zero-order valence-corrected chi connectivity index (χ0v) is 15.6. The molecular formula is C22H20N2O4. The van der Waals surface area contributed by atoms with Crippen LogP contribution in [0.4, 0.5) is 5.69 Å². The first-order valence-corrected chi connectivity index (χ1v) is 8.70. The number of esters is 1. The van der Waals surface area contributed by atoms with E-state index in [-0.39, 0.29) is 0 Å². The van der Waals surface area contributed by atoms with E-state index in [4.69, 9.17) is 9.47 Å². The zero-order chi connectivity index (χ0) is 19.9. The minimum atomic E-state index is -0.612. The number of carbonyl (C=O) groups is 2. The van der Waals surface area contributed by atoms with Crippen LogP contribution in [-0.2, 0) is 14.3 Å². The Morgan fingerprint density at radius 1 is 1.14 bits per heavy atom. The van der Waals surface area contributed by atoms with E-state index in [9.17, 15) is 9.59 Å². The van der Waals surface area contributed by atoms with E-state index in [1.807, 2.05) is 43.3 Å². The first-order chi connectivity index (χ1) is 13.6. The van der Waals surface area contributed by atoms with Gasteiger partial charge in [0.25, 0.3) is 5.91 Å². The summed E-state index contributed by atoms with van der Waals surface area (Å²) in [5, 5.41) is 3.66. The van der Waals surface area contributed by atoms with E-state index < -0.39 is 18.5 Å². The Hall–Kier alpha value is -3.67. The number of nitrogens with one attached hydrogen (secondary N) is 1. The van der Waals surface area contributed by atoms with Crippen molar-refractivity contribution in [1.29, 1.82) is 0 Å². The normalized spacial score (nSPS) is 10.8. The topological polar surface area (TPSA) is 77.5 Å². The average Bonchev–Trinajstić information content (AvgIpc) is 2.71. The molecule has 0 aliphatic rings. The third-order valence-corrected chi connectivity index (χ3v) is 4.04. The summed E-state index contributed by atoms with van der Waals surface area (Å²) in [4.78, 5) is 28.3. The SMILES string of the molecule is COc1ccc(C)cc1NC(=O)COC(=O)/C=C/c1cccc2cccnc12. The van der Waals surface area contributed by atoms with Gasteiger partial charge in [0, 0.05) is 23.2 Å². The second-order valence-electron chi connectivity index (χ2n) is 6.12. The molecule has 2 aromatic carbocycles. The van der Waals surface area contributed by atoms with Gasteiger partial charge >= 0.3 is 5.97 Å². The average molecular weight is 376 g/mol. The Morgan fingerprint density at radius 3 is 2.79 bits per heavy atom. The Kier molecular flexibility index (Phi) is 6.01. The maximum Gasteiger partial charge on any atom is 0.331 e. The molecule has 0 fully saturated rings. The van der Waals surface area contributed by atoms with E-state index in [0.717, 1.165) is 22.0 Å². The van der Waals surface area contributed by atoms with E-state index in [1.165, 1.54) is 13.2 Å². The van der Waals surface area contributed by atoms with Crippen molar-refractivity contribution in [3.05, 3.63) is 71.9 Å². The molecular weight excluding hydrogens is 356 g/mol. The quantitative estimate of drug-likeness (QED) is 0.524. The van der Waals surface area contributed by atoms with E-state index in [1.54, 1.807) is 24.4 Å². The summed E-state index contributed by atoms with van der Waals surface area (Å²) in [5.74, 6) is -0.523. The number of hydrogen-bond donors (Lipinski definition) is 1. The number of rotatable bonds is 6. The van der Waals surface area contributed by atoms with E-state index in [0.29, 0.717) is 11.4 Å². The summed E-state index contributed by atoms with van der Waals surface area (Å²) < 4.78 is 10.2. The van der Waals surface area contributed by atoms with Crippen molar-refractivity contribution in [2.45, 2.75) is 6.92 Å². The van der Waals surface area contributed by atoms with Crippen LogP contribution in [0, 0.1) is 6.92 Å². The molecule has 0 atom stereocenters. The first kappa shape index (κ1) is 19.1. The number of aromatic nitrogens is 1. The standard InChI is InChI=1S/C22H20N2O4/c1-15-8-10-19(27-2)18(13-15)24-20(25)14-28-21(26)11-9-17-6-3-5-16-7-4-12-23-22(16)17/h3-13H,14H2,1-2H3,(H,24,25)/b11-9+. The predicted molar refractivity (Wildman–Crippen MR) is 108 cm³/mol. The molecule has 6 heteroatoms. The lowest BCUT2D eigenvalue weighted by molar-refractivity contribution is -0.142. The highest BCUT2D eigenvalue weighted by Crippen LogP contribution is 2.25. The van der Waals surface area contributed by atoms with Crippen LogP contribution in [0.2, 0.25) is 0 Å². The van der Waals surface area contributed by atoms with Crippen LogP contribution in [0.1, 0.15) is 11.1 Å². The van der Waals surface area contributed by atoms with Gasteiger partial charge in [-0.05, 0) is 36.8 Å². The summed E-state index contributed by atoms with van der Waals surface area (Å²) in [6.45, 7) is 1.51. The van der Waals surface area contributed by atoms with Gasteiger partial charge in [0.1, 0.15) is 5.75 Å². The Bertz CT molecular complexity index is 1040. The number of pyridine rings is 1. The van der Waals surface area contributed by atoms with Crippen molar-refractivity contribution in [2.24, 2.45) is 0 Å². The molecule has 0 radical (unpaired) electrons. The number of amides is 1. The monoisotopic (exact) mass is 376 g/mol. The summed E-state index contributed by atoms with van der Waals surface area (Å²) in [6, 6.07) is 14.9. The van der Waals surface area contributed by atoms with Crippen LogP contribution in [0.5, 0.6) is 5.75 Å². The molecule has 3 rings (SSSR count). The molecule has 0 aliphatic heterocycles. The van der Waals surface area contributed by atoms with Gasteiger partial charge in [-0.15, -0.1) is 0 Å². The van der Waals surface area contributed by atoms with Gasteiger partial charge in [0.05, 0.1) is 18.3 Å². The second-order valence-corrected chi connectivity index (χ2v) is 6.12. The fraction of sp³-hybridized carbons (Fsp3) is 0.136. The third kappa shape index (κ3) is 4.73. The Balaban J connectivity index is 1.59. The number of carbonyl (C=O) groups excluding carboxylic acids is 2.